The summed E-state index contributed by atoms with van der Waals surface area (Å²) in [6.45, 7) is 1.76. The van der Waals surface area contributed by atoms with Crippen LogP contribution in [0.25, 0.3) is 0 Å². The Morgan fingerprint density at radius 2 is 1.77 bits per heavy atom. The van der Waals surface area contributed by atoms with Crippen LogP contribution >= 0.6 is 11.6 Å². The van der Waals surface area contributed by atoms with Gasteiger partial charge in [0.25, 0.3) is 0 Å². The SMILES string of the molecule is COc1ccc(S(=O)(=O)N[C@@H](Cc2ccccc2)C(=O)Nc2cccc(Cl)c2)cc1C. The molecule has 31 heavy (non-hydrogen) atoms. The third-order valence-electron chi connectivity index (χ3n) is 4.67. The summed E-state index contributed by atoms with van der Waals surface area (Å²) in [5.41, 5.74) is 1.98. The van der Waals surface area contributed by atoms with Crippen molar-refractivity contribution < 1.29 is 17.9 Å². The molecule has 0 saturated heterocycles. The Bertz CT molecular complexity index is 1170. The van der Waals surface area contributed by atoms with Crippen molar-refractivity contribution in [2.24, 2.45) is 0 Å². The van der Waals surface area contributed by atoms with Gasteiger partial charge in [0.1, 0.15) is 11.8 Å². The van der Waals surface area contributed by atoms with Crippen molar-refractivity contribution in [3.05, 3.63) is 88.9 Å². The summed E-state index contributed by atoms with van der Waals surface area (Å²) < 4.78 is 33.8. The smallest absolute Gasteiger partial charge is 0.242 e. The van der Waals surface area contributed by atoms with Crippen LogP contribution in [0, 0.1) is 6.92 Å². The number of rotatable bonds is 8. The molecular formula is C23H23ClN2O4S. The second-order valence-corrected chi connectivity index (χ2v) is 9.15. The minimum atomic E-state index is -3.96. The van der Waals surface area contributed by atoms with Crippen LogP contribution < -0.4 is 14.8 Å². The molecule has 2 N–H and O–H groups in total. The van der Waals surface area contributed by atoms with Gasteiger partial charge in [-0.05, 0) is 60.9 Å². The quantitative estimate of drug-likeness (QED) is 0.530. The molecule has 8 heteroatoms. The molecule has 3 aromatic rings. The van der Waals surface area contributed by atoms with Gasteiger partial charge in [0, 0.05) is 10.7 Å². The number of benzene rings is 3. The van der Waals surface area contributed by atoms with E-state index in [1.54, 1.807) is 37.3 Å². The summed E-state index contributed by atoms with van der Waals surface area (Å²) in [4.78, 5) is 13.1. The van der Waals surface area contributed by atoms with Crippen LogP contribution in [-0.2, 0) is 21.2 Å². The van der Waals surface area contributed by atoms with E-state index in [1.165, 1.54) is 19.2 Å². The summed E-state index contributed by atoms with van der Waals surface area (Å²) in [5, 5.41) is 3.20. The molecule has 0 heterocycles. The molecule has 162 valence electrons. The molecule has 1 atom stereocenters. The lowest BCUT2D eigenvalue weighted by molar-refractivity contribution is -0.117. The largest absolute Gasteiger partial charge is 0.496 e. The molecule has 3 aromatic carbocycles. The molecule has 0 radical (unpaired) electrons. The molecule has 1 amide bonds. The van der Waals surface area contributed by atoms with Crippen LogP contribution in [0.1, 0.15) is 11.1 Å². The Hall–Kier alpha value is -2.87. The average Bonchev–Trinajstić information content (AvgIpc) is 2.74. The maximum atomic E-state index is 13.0. The van der Waals surface area contributed by atoms with Crippen molar-refractivity contribution in [1.82, 2.24) is 4.72 Å². The van der Waals surface area contributed by atoms with Gasteiger partial charge in [-0.2, -0.15) is 4.72 Å². The van der Waals surface area contributed by atoms with Gasteiger partial charge in [-0.25, -0.2) is 8.42 Å². The summed E-state index contributed by atoms with van der Waals surface area (Å²) >= 11 is 5.99. The normalized spacial score (nSPS) is 12.2. The first-order valence-corrected chi connectivity index (χ1v) is 11.4. The first-order valence-electron chi connectivity index (χ1n) is 9.56. The number of nitrogens with one attached hydrogen (secondary N) is 2. The summed E-state index contributed by atoms with van der Waals surface area (Å²) in [6.07, 6.45) is 0.182. The highest BCUT2D eigenvalue weighted by molar-refractivity contribution is 7.89. The topological polar surface area (TPSA) is 84.5 Å². The fourth-order valence-electron chi connectivity index (χ4n) is 3.11. The number of carbonyl (C=O) groups is 1. The second kappa shape index (κ2) is 9.96. The number of amides is 1. The van der Waals surface area contributed by atoms with Crippen molar-refractivity contribution in [2.75, 3.05) is 12.4 Å². The Labute approximate surface area is 187 Å². The van der Waals surface area contributed by atoms with Crippen LogP contribution in [-0.4, -0.2) is 27.5 Å². The van der Waals surface area contributed by atoms with E-state index in [0.717, 1.165) is 5.56 Å². The minimum Gasteiger partial charge on any atom is -0.496 e. The lowest BCUT2D eigenvalue weighted by atomic mass is 10.1. The van der Waals surface area contributed by atoms with Gasteiger partial charge in [-0.15, -0.1) is 0 Å². The molecule has 0 aliphatic carbocycles. The van der Waals surface area contributed by atoms with Crippen LogP contribution in [0.2, 0.25) is 5.02 Å². The van der Waals surface area contributed by atoms with Gasteiger partial charge in [0.05, 0.1) is 12.0 Å². The van der Waals surface area contributed by atoms with Crippen LogP contribution in [0.15, 0.2) is 77.7 Å². The predicted octanol–water partition coefficient (Wildman–Crippen LogP) is 4.19. The van der Waals surface area contributed by atoms with E-state index in [9.17, 15) is 13.2 Å². The molecule has 0 aliphatic rings. The van der Waals surface area contributed by atoms with E-state index < -0.39 is 22.0 Å². The molecule has 0 bridgehead atoms. The average molecular weight is 459 g/mol. The predicted molar refractivity (Wildman–Crippen MR) is 122 cm³/mol. The third-order valence-corrected chi connectivity index (χ3v) is 6.37. The first kappa shape index (κ1) is 22.8. The van der Waals surface area contributed by atoms with Gasteiger partial charge >= 0.3 is 0 Å². The zero-order chi connectivity index (χ0) is 22.4. The Kier molecular flexibility index (Phi) is 7.33. The molecule has 0 aromatic heterocycles. The van der Waals surface area contributed by atoms with Crippen molar-refractivity contribution in [2.45, 2.75) is 24.3 Å². The standard InChI is InChI=1S/C23H23ClN2O4S/c1-16-13-20(11-12-22(16)30-2)31(28,29)26-21(14-17-7-4-3-5-8-17)23(27)25-19-10-6-9-18(24)15-19/h3-13,15,21,26H,14H2,1-2H3,(H,25,27)/t21-/m0/s1. The number of methoxy groups -OCH3 is 1. The zero-order valence-electron chi connectivity index (χ0n) is 17.1. The maximum absolute atomic E-state index is 13.0. The van der Waals surface area contributed by atoms with Crippen LogP contribution in [0.4, 0.5) is 5.69 Å². The van der Waals surface area contributed by atoms with Crippen molar-refractivity contribution >= 4 is 33.2 Å². The highest BCUT2D eigenvalue weighted by atomic mass is 35.5. The Balaban J connectivity index is 1.88. The van der Waals surface area contributed by atoms with E-state index in [-0.39, 0.29) is 11.3 Å². The maximum Gasteiger partial charge on any atom is 0.242 e. The third kappa shape index (κ3) is 6.07. The highest BCUT2D eigenvalue weighted by Gasteiger charge is 2.26. The van der Waals surface area contributed by atoms with Gasteiger partial charge in [0.15, 0.2) is 0 Å². The fourth-order valence-corrected chi connectivity index (χ4v) is 4.58. The van der Waals surface area contributed by atoms with Crippen molar-refractivity contribution in [1.29, 1.82) is 0 Å². The van der Waals surface area contributed by atoms with Gasteiger partial charge < -0.3 is 10.1 Å². The monoisotopic (exact) mass is 458 g/mol. The summed E-state index contributed by atoms with van der Waals surface area (Å²) in [6, 6.07) is 19.4. The van der Waals surface area contributed by atoms with E-state index in [2.05, 4.69) is 10.0 Å². The highest BCUT2D eigenvalue weighted by Crippen LogP contribution is 2.22. The molecule has 0 saturated carbocycles. The van der Waals surface area contributed by atoms with E-state index in [1.807, 2.05) is 30.3 Å². The number of ether oxygens (including phenoxy) is 1. The fraction of sp³-hybridized carbons (Fsp3) is 0.174. The molecule has 0 fully saturated rings. The lowest BCUT2D eigenvalue weighted by Crippen LogP contribution is -2.45. The number of anilines is 1. The molecule has 0 aliphatic heterocycles. The molecule has 3 rings (SSSR count). The van der Waals surface area contributed by atoms with E-state index in [0.29, 0.717) is 22.0 Å². The van der Waals surface area contributed by atoms with Crippen molar-refractivity contribution in [3.63, 3.8) is 0 Å². The molecule has 0 spiro atoms. The van der Waals surface area contributed by atoms with Crippen LogP contribution in [0.5, 0.6) is 5.75 Å². The zero-order valence-corrected chi connectivity index (χ0v) is 18.7. The number of aryl methyl sites for hydroxylation is 1. The lowest BCUT2D eigenvalue weighted by Gasteiger charge is -2.19. The van der Waals surface area contributed by atoms with Gasteiger partial charge in [-0.1, -0.05) is 48.0 Å². The molecule has 6 nitrogen and oxygen atoms in total. The number of hydrogen-bond acceptors (Lipinski definition) is 4. The first-order chi connectivity index (χ1) is 14.8. The minimum absolute atomic E-state index is 0.0550. The molecular weight excluding hydrogens is 436 g/mol. The van der Waals surface area contributed by atoms with Gasteiger partial charge in [0.2, 0.25) is 15.9 Å². The van der Waals surface area contributed by atoms with E-state index in [4.69, 9.17) is 16.3 Å². The van der Waals surface area contributed by atoms with Gasteiger partial charge in [-0.3, -0.25) is 4.79 Å². The summed E-state index contributed by atoms with van der Waals surface area (Å²) in [7, 11) is -2.45. The number of hydrogen-bond donors (Lipinski definition) is 2. The number of sulfonamides is 1. The number of carbonyl (C=O) groups excluding carboxylic acids is 1. The number of halogens is 1. The Morgan fingerprint density at radius 1 is 1.03 bits per heavy atom. The second-order valence-electron chi connectivity index (χ2n) is 6.99. The summed E-state index contributed by atoms with van der Waals surface area (Å²) in [5.74, 6) is 0.0958. The van der Waals surface area contributed by atoms with E-state index >= 15 is 0 Å². The van der Waals surface area contributed by atoms with Crippen LogP contribution in [0.3, 0.4) is 0 Å². The van der Waals surface area contributed by atoms with Crippen molar-refractivity contribution in [3.8, 4) is 5.75 Å². The Morgan fingerprint density at radius 3 is 2.42 bits per heavy atom. The molecule has 0 unspecified atom stereocenters.